The van der Waals surface area contributed by atoms with Crippen LogP contribution in [0.1, 0.15) is 51.7 Å². The number of benzene rings is 1. The second-order valence-corrected chi connectivity index (χ2v) is 10.1. The first-order valence-corrected chi connectivity index (χ1v) is 11.6. The summed E-state index contributed by atoms with van der Waals surface area (Å²) in [7, 11) is 1.70. The summed E-state index contributed by atoms with van der Waals surface area (Å²) in [6.45, 7) is 14.4. The zero-order valence-corrected chi connectivity index (χ0v) is 19.8. The minimum absolute atomic E-state index is 0.186. The summed E-state index contributed by atoms with van der Waals surface area (Å²) in [6, 6.07) is 11.1. The Morgan fingerprint density at radius 3 is 2.35 bits per heavy atom. The number of piperazine rings is 1. The van der Waals surface area contributed by atoms with E-state index in [0.29, 0.717) is 13.2 Å². The highest BCUT2D eigenvalue weighted by Crippen LogP contribution is 2.46. The molecular formula is C26H37N3O2. The molecule has 2 aromatic rings. The smallest absolute Gasteiger partial charge is 0.172 e. The van der Waals surface area contributed by atoms with Gasteiger partial charge in [0.25, 0.3) is 0 Å². The maximum absolute atomic E-state index is 6.02. The molecule has 1 N–H and O–H groups in total. The van der Waals surface area contributed by atoms with Crippen LogP contribution in [0.15, 0.2) is 30.3 Å². The van der Waals surface area contributed by atoms with Crippen LogP contribution in [-0.2, 0) is 15.6 Å². The van der Waals surface area contributed by atoms with Gasteiger partial charge in [0.15, 0.2) is 11.6 Å². The van der Waals surface area contributed by atoms with Gasteiger partial charge in [-0.2, -0.15) is 0 Å². The number of rotatable bonds is 6. The number of anilines is 1. The molecule has 5 nitrogen and oxygen atoms in total. The van der Waals surface area contributed by atoms with E-state index in [1.54, 1.807) is 7.11 Å². The number of nitrogens with zero attached hydrogens (tertiary/aromatic N) is 2. The van der Waals surface area contributed by atoms with E-state index in [4.69, 9.17) is 14.5 Å². The highest BCUT2D eigenvalue weighted by Gasteiger charge is 2.37. The van der Waals surface area contributed by atoms with Gasteiger partial charge in [0.1, 0.15) is 6.61 Å². The number of fused-ring (bicyclic) bond motifs is 1. The van der Waals surface area contributed by atoms with Gasteiger partial charge in [-0.15, -0.1) is 0 Å². The van der Waals surface area contributed by atoms with Crippen LogP contribution >= 0.6 is 0 Å². The van der Waals surface area contributed by atoms with Gasteiger partial charge in [0.05, 0.1) is 12.3 Å². The molecule has 31 heavy (non-hydrogen) atoms. The minimum Gasteiger partial charge on any atom is -0.487 e. The minimum atomic E-state index is 0.186. The average molecular weight is 424 g/mol. The highest BCUT2D eigenvalue weighted by molar-refractivity contribution is 5.67. The van der Waals surface area contributed by atoms with Crippen LogP contribution in [0.3, 0.4) is 0 Å². The summed E-state index contributed by atoms with van der Waals surface area (Å²) in [6.07, 6.45) is 2.44. The van der Waals surface area contributed by atoms with Gasteiger partial charge in [-0.25, -0.2) is 4.98 Å². The van der Waals surface area contributed by atoms with Gasteiger partial charge in [0.2, 0.25) is 0 Å². The van der Waals surface area contributed by atoms with E-state index in [0.717, 1.165) is 43.4 Å². The lowest BCUT2D eigenvalue weighted by Gasteiger charge is -2.42. The van der Waals surface area contributed by atoms with Crippen molar-refractivity contribution in [2.45, 2.75) is 51.4 Å². The summed E-state index contributed by atoms with van der Waals surface area (Å²) < 4.78 is 11.2. The van der Waals surface area contributed by atoms with Gasteiger partial charge in [-0.3, -0.25) is 0 Å². The van der Waals surface area contributed by atoms with Crippen molar-refractivity contribution in [3.8, 4) is 17.0 Å². The van der Waals surface area contributed by atoms with E-state index in [1.165, 1.54) is 29.5 Å². The molecule has 1 aliphatic carbocycles. The van der Waals surface area contributed by atoms with Crippen molar-refractivity contribution in [3.05, 3.63) is 41.5 Å². The molecule has 1 aromatic heterocycles. The van der Waals surface area contributed by atoms with Crippen molar-refractivity contribution in [3.63, 3.8) is 0 Å². The zero-order valence-electron chi connectivity index (χ0n) is 19.8. The maximum atomic E-state index is 6.02. The number of nitrogens with one attached hydrogen (secondary N) is 1. The molecule has 0 amide bonds. The van der Waals surface area contributed by atoms with Gasteiger partial charge >= 0.3 is 0 Å². The molecule has 1 aromatic carbocycles. The fraction of sp³-hybridized carbons (Fsp3) is 0.577. The Labute approximate surface area is 187 Å². The van der Waals surface area contributed by atoms with E-state index < -0.39 is 0 Å². The lowest BCUT2D eigenvalue weighted by atomic mass is 9.63. The van der Waals surface area contributed by atoms with Crippen LogP contribution in [0.2, 0.25) is 0 Å². The Hall–Kier alpha value is -2.11. The van der Waals surface area contributed by atoms with Crippen molar-refractivity contribution < 1.29 is 9.47 Å². The number of hydrogen-bond donors (Lipinski definition) is 1. The molecule has 5 heteroatoms. The third kappa shape index (κ3) is 4.58. The largest absolute Gasteiger partial charge is 0.487 e. The molecule has 4 rings (SSSR count). The van der Waals surface area contributed by atoms with Crippen LogP contribution in [0.4, 0.5) is 5.82 Å². The summed E-state index contributed by atoms with van der Waals surface area (Å²) in [4.78, 5) is 7.44. The van der Waals surface area contributed by atoms with E-state index in [1.807, 2.05) is 0 Å². The number of ether oxygens (including phenoxy) is 2. The number of pyridine rings is 1. The molecule has 0 atom stereocenters. The fourth-order valence-electron chi connectivity index (χ4n) is 4.80. The Balaban J connectivity index is 1.72. The molecule has 0 radical (unpaired) electrons. The predicted molar refractivity (Wildman–Crippen MR) is 127 cm³/mol. The lowest BCUT2D eigenvalue weighted by molar-refractivity contribution is 0.146. The molecule has 0 unspecified atom stereocenters. The molecule has 0 saturated carbocycles. The van der Waals surface area contributed by atoms with E-state index in [9.17, 15) is 0 Å². The third-order valence-electron chi connectivity index (χ3n) is 6.95. The topological polar surface area (TPSA) is 46.6 Å². The number of methoxy groups -OCH3 is 1. The van der Waals surface area contributed by atoms with Crippen LogP contribution in [0.25, 0.3) is 11.3 Å². The average Bonchev–Trinajstić information content (AvgIpc) is 2.78. The Bertz CT molecular complexity index is 917. The van der Waals surface area contributed by atoms with Crippen molar-refractivity contribution >= 4 is 5.82 Å². The Morgan fingerprint density at radius 1 is 0.935 bits per heavy atom. The number of aromatic nitrogens is 1. The first kappa shape index (κ1) is 22.1. The lowest BCUT2D eigenvalue weighted by Crippen LogP contribution is -2.44. The summed E-state index contributed by atoms with van der Waals surface area (Å²) in [5, 5.41) is 3.42. The van der Waals surface area contributed by atoms with Crippen LogP contribution in [0, 0.1) is 0 Å². The molecule has 0 spiro atoms. The highest BCUT2D eigenvalue weighted by atomic mass is 16.5. The molecule has 1 saturated heterocycles. The first-order chi connectivity index (χ1) is 14.8. The molecule has 0 bridgehead atoms. The summed E-state index contributed by atoms with van der Waals surface area (Å²) in [5.41, 5.74) is 5.55. The predicted octanol–water partition coefficient (Wildman–Crippen LogP) is 4.53. The fourth-order valence-corrected chi connectivity index (χ4v) is 4.80. The summed E-state index contributed by atoms with van der Waals surface area (Å²) in [5.74, 6) is 1.77. The normalized spacial score (nSPS) is 19.7. The van der Waals surface area contributed by atoms with Crippen molar-refractivity contribution in [1.29, 1.82) is 0 Å². The second kappa shape index (κ2) is 8.79. The van der Waals surface area contributed by atoms with E-state index >= 15 is 0 Å². The van der Waals surface area contributed by atoms with Crippen LogP contribution < -0.4 is 15.0 Å². The molecule has 168 valence electrons. The van der Waals surface area contributed by atoms with E-state index in [2.05, 4.69) is 68.2 Å². The van der Waals surface area contributed by atoms with E-state index in [-0.39, 0.29) is 10.8 Å². The van der Waals surface area contributed by atoms with Crippen molar-refractivity contribution in [2.75, 3.05) is 51.4 Å². The van der Waals surface area contributed by atoms with Gasteiger partial charge < -0.3 is 19.7 Å². The Morgan fingerprint density at radius 2 is 1.65 bits per heavy atom. The SMILES string of the molecule is COCCOc1ccc(-c2ccc3c(c2)C(C)(C)CCC3(C)C)nc1N1CCNCC1. The second-order valence-electron chi connectivity index (χ2n) is 10.1. The Kier molecular flexibility index (Phi) is 6.27. The van der Waals surface area contributed by atoms with Crippen LogP contribution in [-0.4, -0.2) is 51.5 Å². The zero-order chi connectivity index (χ0) is 22.1. The van der Waals surface area contributed by atoms with Crippen molar-refractivity contribution in [2.24, 2.45) is 0 Å². The van der Waals surface area contributed by atoms with Crippen molar-refractivity contribution in [1.82, 2.24) is 10.3 Å². The standard InChI is InChI=1S/C26H37N3O2/c1-25(2)10-11-26(3,4)21-18-19(6-7-20(21)25)22-8-9-23(31-17-16-30-5)24(28-22)29-14-12-27-13-15-29/h6-9,18,27H,10-17H2,1-5H3. The molecule has 2 aliphatic rings. The summed E-state index contributed by atoms with van der Waals surface area (Å²) >= 11 is 0. The van der Waals surface area contributed by atoms with Gasteiger partial charge in [0, 0.05) is 38.9 Å². The molecular weight excluding hydrogens is 386 g/mol. The maximum Gasteiger partial charge on any atom is 0.172 e. The first-order valence-electron chi connectivity index (χ1n) is 11.6. The number of hydrogen-bond acceptors (Lipinski definition) is 5. The third-order valence-corrected chi connectivity index (χ3v) is 6.95. The monoisotopic (exact) mass is 423 g/mol. The van der Waals surface area contributed by atoms with Crippen LogP contribution in [0.5, 0.6) is 5.75 Å². The van der Waals surface area contributed by atoms with Gasteiger partial charge in [-0.05, 0) is 53.0 Å². The molecule has 1 fully saturated rings. The molecule has 1 aliphatic heterocycles. The molecule has 2 heterocycles. The van der Waals surface area contributed by atoms with Gasteiger partial charge in [-0.1, -0.05) is 39.8 Å². The quantitative estimate of drug-likeness (QED) is 0.692.